The first-order chi connectivity index (χ1) is 10.1. The lowest BCUT2D eigenvalue weighted by Crippen LogP contribution is -2.26. The van der Waals surface area contributed by atoms with Crippen molar-refractivity contribution in [1.29, 1.82) is 0 Å². The van der Waals surface area contributed by atoms with Crippen molar-refractivity contribution in [1.82, 2.24) is 5.06 Å². The summed E-state index contributed by atoms with van der Waals surface area (Å²) in [4.78, 5) is 17.0. The molecule has 2 aromatic carbocycles. The zero-order valence-corrected chi connectivity index (χ0v) is 11.8. The van der Waals surface area contributed by atoms with Gasteiger partial charge in [0.25, 0.3) is 5.91 Å². The van der Waals surface area contributed by atoms with Gasteiger partial charge in [-0.2, -0.15) is 0 Å². The molecule has 0 atom stereocenters. The minimum Gasteiger partial charge on any atom is -0.274 e. The highest BCUT2D eigenvalue weighted by molar-refractivity contribution is 5.96. The van der Waals surface area contributed by atoms with E-state index in [1.165, 1.54) is 32.4 Å². The van der Waals surface area contributed by atoms with Crippen LogP contribution in [0.15, 0.2) is 48.5 Å². The molecule has 0 radical (unpaired) electrons. The zero-order chi connectivity index (χ0) is 15.2. The zero-order valence-electron chi connectivity index (χ0n) is 11.8. The molecule has 0 saturated heterocycles. The third-order valence-electron chi connectivity index (χ3n) is 2.89. The largest absolute Gasteiger partial charge is 0.278 e. The standard InChI is InChI=1S/C17H14FNO2/c1-19(21-2)17(20)16-11-10-15(18)12-14(16)9-8-13-6-4-3-5-7-13/h3-7,10-12H,1-2H3. The van der Waals surface area contributed by atoms with Gasteiger partial charge in [0, 0.05) is 18.2 Å². The summed E-state index contributed by atoms with van der Waals surface area (Å²) in [7, 11) is 2.87. The maximum absolute atomic E-state index is 13.4. The normalized spacial score (nSPS) is 9.67. The number of hydrogen-bond donors (Lipinski definition) is 0. The monoisotopic (exact) mass is 283 g/mol. The van der Waals surface area contributed by atoms with Crippen LogP contribution in [0.4, 0.5) is 4.39 Å². The first kappa shape index (κ1) is 14.8. The van der Waals surface area contributed by atoms with Crippen molar-refractivity contribution >= 4 is 5.91 Å². The Balaban J connectivity index is 2.41. The number of carbonyl (C=O) groups is 1. The summed E-state index contributed by atoms with van der Waals surface area (Å²) in [6.45, 7) is 0. The van der Waals surface area contributed by atoms with Crippen LogP contribution >= 0.6 is 0 Å². The van der Waals surface area contributed by atoms with E-state index >= 15 is 0 Å². The number of amides is 1. The van der Waals surface area contributed by atoms with Crippen LogP contribution in [0, 0.1) is 17.7 Å². The maximum atomic E-state index is 13.4. The smallest absolute Gasteiger partial charge is 0.274 e. The Morgan fingerprint density at radius 2 is 1.86 bits per heavy atom. The Labute approximate surface area is 122 Å². The van der Waals surface area contributed by atoms with E-state index in [-0.39, 0.29) is 5.91 Å². The number of hydroxylamine groups is 2. The van der Waals surface area contributed by atoms with Crippen LogP contribution in [-0.2, 0) is 4.84 Å². The van der Waals surface area contributed by atoms with Gasteiger partial charge in [-0.05, 0) is 30.3 Å². The van der Waals surface area contributed by atoms with Gasteiger partial charge in [0.2, 0.25) is 0 Å². The van der Waals surface area contributed by atoms with E-state index in [0.717, 1.165) is 10.6 Å². The lowest BCUT2D eigenvalue weighted by atomic mass is 10.1. The van der Waals surface area contributed by atoms with Gasteiger partial charge in [0.05, 0.1) is 12.7 Å². The van der Waals surface area contributed by atoms with Gasteiger partial charge in [-0.25, -0.2) is 9.45 Å². The van der Waals surface area contributed by atoms with Crippen molar-refractivity contribution < 1.29 is 14.0 Å². The second kappa shape index (κ2) is 6.69. The van der Waals surface area contributed by atoms with Gasteiger partial charge in [-0.15, -0.1) is 0 Å². The number of carbonyl (C=O) groups excluding carboxylic acids is 1. The summed E-state index contributed by atoms with van der Waals surface area (Å²) >= 11 is 0. The topological polar surface area (TPSA) is 29.5 Å². The molecule has 0 aliphatic rings. The molecule has 0 aliphatic heterocycles. The van der Waals surface area contributed by atoms with E-state index in [1.807, 2.05) is 30.3 Å². The Morgan fingerprint density at radius 3 is 2.52 bits per heavy atom. The number of nitrogens with zero attached hydrogens (tertiary/aromatic N) is 1. The van der Waals surface area contributed by atoms with Gasteiger partial charge >= 0.3 is 0 Å². The fourth-order valence-electron chi connectivity index (χ4n) is 1.72. The summed E-state index contributed by atoms with van der Waals surface area (Å²) in [6.07, 6.45) is 0. The first-order valence-electron chi connectivity index (χ1n) is 6.30. The summed E-state index contributed by atoms with van der Waals surface area (Å²) in [5.41, 5.74) is 1.41. The van der Waals surface area contributed by atoms with Crippen LogP contribution in [0.25, 0.3) is 0 Å². The quantitative estimate of drug-likeness (QED) is 0.626. The molecule has 0 unspecified atom stereocenters. The van der Waals surface area contributed by atoms with Gasteiger partial charge < -0.3 is 0 Å². The molecule has 2 aromatic rings. The van der Waals surface area contributed by atoms with E-state index in [1.54, 1.807) is 0 Å². The van der Waals surface area contributed by atoms with Crippen LogP contribution in [-0.4, -0.2) is 25.1 Å². The molecule has 2 rings (SSSR count). The molecular formula is C17H14FNO2. The Kier molecular flexibility index (Phi) is 4.70. The Hall–Kier alpha value is -2.64. The van der Waals surface area contributed by atoms with Gasteiger partial charge in [0.15, 0.2) is 0 Å². The number of benzene rings is 2. The molecule has 0 spiro atoms. The molecule has 3 nitrogen and oxygen atoms in total. The second-order valence-electron chi connectivity index (χ2n) is 4.29. The molecule has 0 bridgehead atoms. The van der Waals surface area contributed by atoms with Crippen molar-refractivity contribution in [2.75, 3.05) is 14.2 Å². The van der Waals surface area contributed by atoms with Crippen molar-refractivity contribution in [3.8, 4) is 11.8 Å². The lowest BCUT2D eigenvalue weighted by Gasteiger charge is -2.14. The first-order valence-corrected chi connectivity index (χ1v) is 6.30. The van der Waals surface area contributed by atoms with Crippen molar-refractivity contribution in [2.24, 2.45) is 0 Å². The summed E-state index contributed by atoms with van der Waals surface area (Å²) in [5, 5.41) is 1.07. The van der Waals surface area contributed by atoms with Gasteiger partial charge in [-0.1, -0.05) is 30.0 Å². The minimum atomic E-state index is -0.441. The van der Waals surface area contributed by atoms with E-state index in [0.29, 0.717) is 11.1 Å². The van der Waals surface area contributed by atoms with Crippen LogP contribution in [0.5, 0.6) is 0 Å². The lowest BCUT2D eigenvalue weighted by molar-refractivity contribution is -0.0757. The SMILES string of the molecule is CON(C)C(=O)c1ccc(F)cc1C#Cc1ccccc1. The van der Waals surface area contributed by atoms with Gasteiger partial charge in [-0.3, -0.25) is 9.63 Å². The number of halogens is 1. The predicted octanol–water partition coefficient (Wildman–Crippen LogP) is 2.86. The summed E-state index contributed by atoms with van der Waals surface area (Å²) in [5.74, 6) is 4.93. The highest BCUT2D eigenvalue weighted by atomic mass is 19.1. The van der Waals surface area contributed by atoms with Crippen molar-refractivity contribution in [3.05, 3.63) is 71.0 Å². The predicted molar refractivity (Wildman–Crippen MR) is 77.9 cm³/mol. The molecule has 0 heterocycles. The fraction of sp³-hybridized carbons (Fsp3) is 0.118. The molecule has 1 amide bonds. The van der Waals surface area contributed by atoms with E-state index < -0.39 is 5.82 Å². The van der Waals surface area contributed by atoms with Crippen LogP contribution < -0.4 is 0 Å². The average Bonchev–Trinajstić information content (AvgIpc) is 2.52. The Morgan fingerprint density at radius 1 is 1.14 bits per heavy atom. The molecule has 4 heteroatoms. The van der Waals surface area contributed by atoms with Crippen molar-refractivity contribution in [3.63, 3.8) is 0 Å². The van der Waals surface area contributed by atoms with E-state index in [4.69, 9.17) is 4.84 Å². The molecule has 0 aliphatic carbocycles. The summed E-state index contributed by atoms with van der Waals surface area (Å²) in [6, 6.07) is 13.2. The molecule has 106 valence electrons. The van der Waals surface area contributed by atoms with Crippen LogP contribution in [0.1, 0.15) is 21.5 Å². The number of rotatable bonds is 2. The third-order valence-corrected chi connectivity index (χ3v) is 2.89. The number of hydrogen-bond acceptors (Lipinski definition) is 2. The second-order valence-corrected chi connectivity index (χ2v) is 4.29. The average molecular weight is 283 g/mol. The van der Waals surface area contributed by atoms with Crippen molar-refractivity contribution in [2.45, 2.75) is 0 Å². The van der Waals surface area contributed by atoms with E-state index in [9.17, 15) is 9.18 Å². The summed E-state index contributed by atoms with van der Waals surface area (Å²) < 4.78 is 13.4. The maximum Gasteiger partial charge on any atom is 0.278 e. The molecule has 0 saturated carbocycles. The Bertz CT molecular complexity index is 702. The minimum absolute atomic E-state index is 0.296. The molecule has 0 N–H and O–H groups in total. The van der Waals surface area contributed by atoms with Crippen LogP contribution in [0.3, 0.4) is 0 Å². The molecule has 0 aromatic heterocycles. The highest BCUT2D eigenvalue weighted by Crippen LogP contribution is 2.13. The molecular weight excluding hydrogens is 269 g/mol. The highest BCUT2D eigenvalue weighted by Gasteiger charge is 2.15. The third kappa shape index (κ3) is 3.68. The van der Waals surface area contributed by atoms with Gasteiger partial charge in [0.1, 0.15) is 5.82 Å². The van der Waals surface area contributed by atoms with E-state index in [2.05, 4.69) is 11.8 Å². The molecule has 0 fully saturated rings. The molecule has 21 heavy (non-hydrogen) atoms. The fourth-order valence-corrected chi connectivity index (χ4v) is 1.72. The van der Waals surface area contributed by atoms with Crippen LogP contribution in [0.2, 0.25) is 0 Å².